The molecule has 2 saturated heterocycles. The van der Waals surface area contributed by atoms with E-state index >= 15 is 4.39 Å². The van der Waals surface area contributed by atoms with E-state index in [9.17, 15) is 4.79 Å². The highest BCUT2D eigenvalue weighted by atomic mass is 32.1. The molecule has 1 aromatic carbocycles. The molecule has 0 spiro atoms. The molecule has 0 aliphatic carbocycles. The van der Waals surface area contributed by atoms with Gasteiger partial charge < -0.3 is 23.3 Å². The molecule has 4 heterocycles. The van der Waals surface area contributed by atoms with Gasteiger partial charge in [0.2, 0.25) is 0 Å². The number of fused-ring (bicyclic) bond motifs is 1. The van der Waals surface area contributed by atoms with Crippen LogP contribution in [0.3, 0.4) is 0 Å². The van der Waals surface area contributed by atoms with Gasteiger partial charge in [0.1, 0.15) is 21.3 Å². The number of ether oxygens (including phenoxy) is 2. The van der Waals surface area contributed by atoms with Crippen molar-refractivity contribution < 1.29 is 28.0 Å². The van der Waals surface area contributed by atoms with Gasteiger partial charge in [-0.3, -0.25) is 0 Å². The van der Waals surface area contributed by atoms with Crippen molar-refractivity contribution in [1.29, 1.82) is 0 Å². The van der Waals surface area contributed by atoms with Crippen molar-refractivity contribution in [1.82, 2.24) is 9.55 Å². The second-order valence-electron chi connectivity index (χ2n) is 9.83. The van der Waals surface area contributed by atoms with Gasteiger partial charge in [0, 0.05) is 13.0 Å². The molecule has 5 rings (SSSR count). The van der Waals surface area contributed by atoms with Crippen molar-refractivity contribution in [3.05, 3.63) is 46.3 Å². The van der Waals surface area contributed by atoms with Crippen LogP contribution in [0.2, 0.25) is 0 Å². The maximum absolute atomic E-state index is 15.2. The molecule has 7 nitrogen and oxygen atoms in total. The topological polar surface area (TPSA) is 71.8 Å². The molecular weight excluding hydrogens is 458 g/mol. The van der Waals surface area contributed by atoms with Crippen LogP contribution in [0.4, 0.5) is 4.39 Å². The summed E-state index contributed by atoms with van der Waals surface area (Å²) in [5.41, 5.74) is 1.04. The third kappa shape index (κ3) is 4.06. The van der Waals surface area contributed by atoms with Crippen LogP contribution in [0.5, 0.6) is 0 Å². The Bertz CT molecular complexity index is 1230. The number of hydrogen-bond acceptors (Lipinski definition) is 7. The van der Waals surface area contributed by atoms with Crippen LogP contribution in [-0.4, -0.2) is 53.7 Å². The normalized spacial score (nSPS) is 21.1. The summed E-state index contributed by atoms with van der Waals surface area (Å²) in [6, 6.07) is 6.89. The molecule has 2 aromatic heterocycles. The van der Waals surface area contributed by atoms with Gasteiger partial charge in [-0.2, -0.15) is 0 Å². The minimum absolute atomic E-state index is 0.0909. The van der Waals surface area contributed by atoms with E-state index in [-0.39, 0.29) is 17.9 Å². The molecule has 1 unspecified atom stereocenters. The Morgan fingerprint density at radius 1 is 1.26 bits per heavy atom. The summed E-state index contributed by atoms with van der Waals surface area (Å²) < 4.78 is 39.8. The molecule has 34 heavy (non-hydrogen) atoms. The number of thiophene rings is 1. The molecule has 0 radical (unpaired) electrons. The fourth-order valence-electron chi connectivity index (χ4n) is 4.14. The summed E-state index contributed by atoms with van der Waals surface area (Å²) >= 11 is 1.28. The molecule has 0 saturated carbocycles. The van der Waals surface area contributed by atoms with E-state index in [0.29, 0.717) is 28.9 Å². The average Bonchev–Trinajstić information content (AvgIpc) is 3.35. The zero-order chi connectivity index (χ0) is 24.3. The number of hydrogen-bond donors (Lipinski definition) is 0. The molecule has 0 N–H and O–H groups in total. The highest BCUT2D eigenvalue weighted by Gasteiger charge is 2.51. The number of esters is 1. The van der Waals surface area contributed by atoms with E-state index in [1.165, 1.54) is 24.5 Å². The first-order valence-corrected chi connectivity index (χ1v) is 12.2. The van der Waals surface area contributed by atoms with Gasteiger partial charge in [-0.15, -0.1) is 11.3 Å². The second-order valence-corrected chi connectivity index (χ2v) is 10.9. The molecule has 10 heteroatoms. The summed E-state index contributed by atoms with van der Waals surface area (Å²) in [6.45, 7) is 9.24. The maximum atomic E-state index is 15.2. The lowest BCUT2D eigenvalue weighted by atomic mass is 9.78. The van der Waals surface area contributed by atoms with Gasteiger partial charge in [0.25, 0.3) is 0 Å². The fourth-order valence-corrected chi connectivity index (χ4v) is 5.11. The molecule has 3 aromatic rings. The third-order valence-electron chi connectivity index (χ3n) is 7.04. The molecule has 0 amide bonds. The number of methoxy groups -OCH3 is 1. The Balaban J connectivity index is 1.43. The molecule has 0 bridgehead atoms. The average molecular weight is 486 g/mol. The zero-order valence-corrected chi connectivity index (χ0v) is 20.8. The fraction of sp³-hybridized carbons (Fsp3) is 0.500. The van der Waals surface area contributed by atoms with Crippen LogP contribution >= 0.6 is 11.3 Å². The van der Waals surface area contributed by atoms with Crippen molar-refractivity contribution >= 4 is 40.2 Å². The summed E-state index contributed by atoms with van der Waals surface area (Å²) in [4.78, 5) is 17.9. The third-order valence-corrected chi connectivity index (χ3v) is 8.04. The Morgan fingerprint density at radius 3 is 2.56 bits per heavy atom. The number of imidazole rings is 1. The van der Waals surface area contributed by atoms with Crippen molar-refractivity contribution in [3.8, 4) is 0 Å². The smallest absolute Gasteiger partial charge is 0.465 e. The van der Waals surface area contributed by atoms with Gasteiger partial charge >= 0.3 is 13.1 Å². The maximum Gasteiger partial charge on any atom is 0.494 e. The number of carbonyl (C=O) groups excluding carboxylic acids is 1. The Labute approximate surface area is 202 Å². The number of aromatic nitrogens is 2. The zero-order valence-electron chi connectivity index (χ0n) is 20.0. The highest BCUT2D eigenvalue weighted by Crippen LogP contribution is 2.36. The van der Waals surface area contributed by atoms with Crippen molar-refractivity contribution in [2.75, 3.05) is 13.7 Å². The number of rotatable bonds is 6. The summed E-state index contributed by atoms with van der Waals surface area (Å²) in [5, 5.41) is 0. The number of carbonyl (C=O) groups is 1. The van der Waals surface area contributed by atoms with Gasteiger partial charge in [-0.25, -0.2) is 14.2 Å². The largest absolute Gasteiger partial charge is 0.494 e. The SMILES string of the molecule is COC(=O)c1cc2c(nc(Cc3ccc(B4OC(C)(C)C(C)(C)O4)cc3F)n2CC2CCO2)s1. The first-order valence-electron chi connectivity index (χ1n) is 11.4. The van der Waals surface area contributed by atoms with Crippen molar-refractivity contribution in [3.63, 3.8) is 0 Å². The van der Waals surface area contributed by atoms with E-state index in [4.69, 9.17) is 23.8 Å². The number of benzene rings is 1. The van der Waals surface area contributed by atoms with Crippen LogP contribution in [0.25, 0.3) is 10.3 Å². The molecule has 2 fully saturated rings. The summed E-state index contributed by atoms with van der Waals surface area (Å²) in [6.07, 6.45) is 1.37. The Morgan fingerprint density at radius 2 is 1.97 bits per heavy atom. The lowest BCUT2D eigenvalue weighted by molar-refractivity contribution is -0.0589. The van der Waals surface area contributed by atoms with Crippen LogP contribution in [0, 0.1) is 5.82 Å². The standard InChI is InChI=1S/C24H28BFN2O5S/c1-23(2)24(3,4)33-25(32-23)15-7-6-14(17(26)11-15)10-20-27-21-18(12-19(34-21)22(29)30-5)28(20)13-16-8-9-31-16/h6-7,11-12,16H,8-10,13H2,1-5H3. The van der Waals surface area contributed by atoms with Crippen LogP contribution in [0.1, 0.15) is 55.2 Å². The predicted octanol–water partition coefficient (Wildman–Crippen LogP) is 3.70. The van der Waals surface area contributed by atoms with Gasteiger partial charge in [-0.05, 0) is 57.3 Å². The number of halogens is 1. The molecule has 2 aliphatic heterocycles. The van der Waals surface area contributed by atoms with Crippen molar-refractivity contribution in [2.24, 2.45) is 0 Å². The number of nitrogens with zero attached hydrogens (tertiary/aromatic N) is 2. The monoisotopic (exact) mass is 486 g/mol. The van der Waals surface area contributed by atoms with E-state index in [2.05, 4.69) is 0 Å². The second kappa shape index (κ2) is 8.44. The summed E-state index contributed by atoms with van der Waals surface area (Å²) in [7, 11) is 0.742. The lowest BCUT2D eigenvalue weighted by Gasteiger charge is -2.32. The van der Waals surface area contributed by atoms with E-state index in [0.717, 1.165) is 29.2 Å². The molecule has 2 aliphatic rings. The van der Waals surface area contributed by atoms with Gasteiger partial charge in [0.05, 0.1) is 36.5 Å². The Hall–Kier alpha value is -2.27. The van der Waals surface area contributed by atoms with Crippen molar-refractivity contribution in [2.45, 2.75) is 64.4 Å². The van der Waals surface area contributed by atoms with Crippen LogP contribution in [-0.2, 0) is 31.7 Å². The van der Waals surface area contributed by atoms with Crippen LogP contribution < -0.4 is 5.46 Å². The highest BCUT2D eigenvalue weighted by molar-refractivity contribution is 7.20. The predicted molar refractivity (Wildman–Crippen MR) is 128 cm³/mol. The van der Waals surface area contributed by atoms with Crippen LogP contribution in [0.15, 0.2) is 24.3 Å². The van der Waals surface area contributed by atoms with E-state index in [1.807, 2.05) is 38.3 Å². The first-order chi connectivity index (χ1) is 16.1. The van der Waals surface area contributed by atoms with Gasteiger partial charge in [-0.1, -0.05) is 12.1 Å². The van der Waals surface area contributed by atoms with E-state index < -0.39 is 18.3 Å². The van der Waals surface area contributed by atoms with E-state index in [1.54, 1.807) is 12.1 Å². The Kier molecular flexibility index (Phi) is 5.83. The van der Waals surface area contributed by atoms with Gasteiger partial charge in [0.15, 0.2) is 0 Å². The lowest BCUT2D eigenvalue weighted by Crippen LogP contribution is -2.41. The molecule has 180 valence electrons. The first kappa shape index (κ1) is 23.5. The quantitative estimate of drug-likeness (QED) is 0.391. The molecular formula is C24H28BFN2O5S. The minimum Gasteiger partial charge on any atom is -0.465 e. The summed E-state index contributed by atoms with van der Waals surface area (Å²) in [5.74, 6) is 0.0102. The minimum atomic E-state index is -0.617. The molecule has 1 atom stereocenters.